The number of rotatable bonds is 6. The Balaban J connectivity index is 0.000000208. The average molecular weight is 675 g/mol. The molecule has 0 unspecified atom stereocenters. The number of phenolic OH excluding ortho intramolecular Hbond substituents is 2. The molecule has 0 saturated heterocycles. The molecule has 0 bridgehead atoms. The minimum absolute atomic E-state index is 0. The molecule has 4 aromatic heterocycles. The van der Waals surface area contributed by atoms with Gasteiger partial charge in [0.25, 0.3) is 0 Å². The molecule has 0 atom stereocenters. The van der Waals surface area contributed by atoms with Crippen LogP contribution in [0.2, 0.25) is 0 Å². The molecule has 47 heavy (non-hydrogen) atoms. The zero-order valence-electron chi connectivity index (χ0n) is 24.6. The first kappa shape index (κ1) is 33.7. The summed E-state index contributed by atoms with van der Waals surface area (Å²) in [5.74, 6) is -1.45. The minimum Gasteiger partial charge on any atom is -0.507 e. The fourth-order valence-electron chi connectivity index (χ4n) is 4.28. The quantitative estimate of drug-likeness (QED) is 0.101. The van der Waals surface area contributed by atoms with E-state index in [-0.39, 0.29) is 39.1 Å². The largest absolute Gasteiger partial charge is 2.00 e. The smallest absolute Gasteiger partial charge is 0.507 e. The summed E-state index contributed by atoms with van der Waals surface area (Å²) in [7, 11) is 0. The van der Waals surface area contributed by atoms with Crippen LogP contribution in [0.15, 0.2) is 106 Å². The molecule has 4 N–H and O–H groups in total. The van der Waals surface area contributed by atoms with E-state index in [1.54, 1.807) is 74.8 Å². The van der Waals surface area contributed by atoms with E-state index < -0.39 is 11.9 Å². The van der Waals surface area contributed by atoms with E-state index in [1.165, 1.54) is 24.3 Å². The number of benzene rings is 2. The van der Waals surface area contributed by atoms with Crippen LogP contribution in [0, 0.1) is 13.8 Å². The number of carboxylic acid groups (broad SMARTS) is 2. The number of aromatic hydroxyl groups is 2. The second-order valence-electron chi connectivity index (χ2n) is 9.63. The molecule has 0 fully saturated rings. The van der Waals surface area contributed by atoms with Crippen LogP contribution in [-0.4, -0.2) is 52.3 Å². The maximum atomic E-state index is 11.2. The van der Waals surface area contributed by atoms with Crippen molar-refractivity contribution in [1.82, 2.24) is 19.9 Å². The van der Waals surface area contributed by atoms with Crippen LogP contribution in [0.1, 0.15) is 32.1 Å². The third kappa shape index (κ3) is 7.72. The Bertz CT molecular complexity index is 2010. The van der Waals surface area contributed by atoms with Crippen molar-refractivity contribution < 1.29 is 46.5 Å². The molecule has 0 aliphatic heterocycles. The van der Waals surface area contributed by atoms with Gasteiger partial charge in [-0.1, -0.05) is 12.1 Å². The van der Waals surface area contributed by atoms with E-state index in [4.69, 9.17) is 10.2 Å². The summed E-state index contributed by atoms with van der Waals surface area (Å²) < 4.78 is 0. The Morgan fingerprint density at radius 1 is 0.596 bits per heavy atom. The maximum Gasteiger partial charge on any atom is 2.00 e. The summed E-state index contributed by atoms with van der Waals surface area (Å²) >= 11 is 0. The molecule has 0 amide bonds. The van der Waals surface area contributed by atoms with E-state index in [1.807, 2.05) is 0 Å². The van der Waals surface area contributed by atoms with Gasteiger partial charge in [0.1, 0.15) is 33.9 Å². The molecular weight excluding hydrogens is 651 g/mol. The molecule has 14 nitrogen and oxygen atoms in total. The van der Waals surface area contributed by atoms with Gasteiger partial charge in [-0.05, 0) is 74.5 Å². The first-order chi connectivity index (χ1) is 22.1. The van der Waals surface area contributed by atoms with Gasteiger partial charge in [-0.3, -0.25) is 0 Å². The number of pyridine rings is 4. The number of azo groups is 2. The Morgan fingerprint density at radius 2 is 1.00 bits per heavy atom. The predicted molar refractivity (Wildman–Crippen MR) is 167 cm³/mol. The summed E-state index contributed by atoms with van der Waals surface area (Å²) in [6, 6.07) is 19.3. The monoisotopic (exact) mass is 674 g/mol. The van der Waals surface area contributed by atoms with Gasteiger partial charge < -0.3 is 20.4 Å². The maximum absolute atomic E-state index is 11.2. The molecule has 6 rings (SSSR count). The third-order valence-corrected chi connectivity index (χ3v) is 6.54. The summed E-state index contributed by atoms with van der Waals surface area (Å²) in [4.78, 5) is 39.0. The second-order valence-corrected chi connectivity index (χ2v) is 9.63. The van der Waals surface area contributed by atoms with Gasteiger partial charge in [0.05, 0.1) is 22.5 Å². The summed E-state index contributed by atoms with van der Waals surface area (Å²) in [6.07, 6.45) is 3.20. The fourth-order valence-corrected chi connectivity index (χ4v) is 4.28. The second kappa shape index (κ2) is 14.7. The minimum atomic E-state index is -1.10. The number of phenols is 2. The number of carbonyl (C=O) groups is 2. The van der Waals surface area contributed by atoms with E-state index in [0.717, 1.165) is 0 Å². The Kier molecular flexibility index (Phi) is 10.5. The average Bonchev–Trinajstić information content (AvgIpc) is 3.05. The van der Waals surface area contributed by atoms with Crippen molar-refractivity contribution in [3.63, 3.8) is 0 Å². The molecular formula is C32H24N8NiO6+2. The molecule has 236 valence electrons. The van der Waals surface area contributed by atoms with Crippen molar-refractivity contribution in [3.05, 3.63) is 108 Å². The van der Waals surface area contributed by atoms with Crippen molar-refractivity contribution in [2.75, 3.05) is 0 Å². The van der Waals surface area contributed by atoms with Gasteiger partial charge in [-0.15, -0.1) is 20.5 Å². The van der Waals surface area contributed by atoms with Gasteiger partial charge in [0.15, 0.2) is 11.6 Å². The molecule has 0 spiro atoms. The molecule has 4 heterocycles. The van der Waals surface area contributed by atoms with Crippen LogP contribution in [-0.2, 0) is 16.5 Å². The number of hydrogen-bond acceptors (Lipinski definition) is 12. The van der Waals surface area contributed by atoms with Crippen molar-refractivity contribution in [1.29, 1.82) is 0 Å². The number of aromatic carboxylic acids is 2. The van der Waals surface area contributed by atoms with Crippen molar-refractivity contribution in [2.45, 2.75) is 13.8 Å². The molecule has 6 aromatic rings. The van der Waals surface area contributed by atoms with Gasteiger partial charge in [-0.25, -0.2) is 29.5 Å². The molecule has 2 aromatic carbocycles. The van der Waals surface area contributed by atoms with Crippen LogP contribution >= 0.6 is 0 Å². The normalized spacial score (nSPS) is 10.9. The van der Waals surface area contributed by atoms with E-state index in [0.29, 0.717) is 56.2 Å². The number of nitrogens with zero attached hydrogens (tertiary/aromatic N) is 8. The number of carboxylic acids is 2. The standard InChI is InChI=1S/2C16H12N4O3.Ni/c2*1-9-10(16(22)23)8-11-13(21)6-5-12(15(11)18-9)19-20-14-4-2-3-7-17-14;/h2*2-8,21H,1H3,(H,22,23);/q;;+2. The number of fused-ring (bicyclic) bond motifs is 2. The molecule has 15 heteroatoms. The SMILES string of the molecule is Cc1nc2c(N=Nc3ccccn3)ccc(O)c2cc1C(=O)O.Cc1nc2c(N=Nc3ccccn3)ccc(O)c2cc1C(=O)O.[Ni+2]. The molecule has 0 aliphatic rings. The summed E-state index contributed by atoms with van der Waals surface area (Å²) in [5.41, 5.74) is 2.35. The first-order valence-corrected chi connectivity index (χ1v) is 13.5. The Morgan fingerprint density at radius 3 is 1.34 bits per heavy atom. The molecule has 0 radical (unpaired) electrons. The van der Waals surface area contributed by atoms with E-state index in [2.05, 4.69) is 40.4 Å². The Labute approximate surface area is 276 Å². The van der Waals surface area contributed by atoms with Crippen molar-refractivity contribution >= 4 is 56.8 Å². The van der Waals surface area contributed by atoms with Crippen LogP contribution in [0.25, 0.3) is 21.8 Å². The van der Waals surface area contributed by atoms with Crippen molar-refractivity contribution in [3.8, 4) is 11.5 Å². The Hall–Kier alpha value is -6.21. The predicted octanol–water partition coefficient (Wildman–Crippen LogP) is 7.51. The summed E-state index contributed by atoms with van der Waals surface area (Å²) in [6.45, 7) is 3.18. The van der Waals surface area contributed by atoms with Gasteiger partial charge in [0.2, 0.25) is 0 Å². The van der Waals surface area contributed by atoms with Gasteiger partial charge >= 0.3 is 28.4 Å². The number of aryl methyl sites for hydroxylation is 2. The van der Waals surface area contributed by atoms with E-state index >= 15 is 0 Å². The van der Waals surface area contributed by atoms with Gasteiger partial charge in [-0.2, -0.15) is 0 Å². The molecule has 0 aliphatic carbocycles. The van der Waals surface area contributed by atoms with E-state index in [9.17, 15) is 19.8 Å². The zero-order chi connectivity index (χ0) is 32.8. The van der Waals surface area contributed by atoms with Crippen LogP contribution in [0.3, 0.4) is 0 Å². The third-order valence-electron chi connectivity index (χ3n) is 6.54. The van der Waals surface area contributed by atoms with Crippen LogP contribution in [0.5, 0.6) is 11.5 Å². The van der Waals surface area contributed by atoms with Crippen LogP contribution < -0.4 is 0 Å². The summed E-state index contributed by atoms with van der Waals surface area (Å²) in [5, 5.41) is 55.1. The molecule has 0 saturated carbocycles. The topological polar surface area (TPSA) is 216 Å². The number of aromatic nitrogens is 4. The van der Waals surface area contributed by atoms with Gasteiger partial charge in [0, 0.05) is 23.2 Å². The zero-order valence-corrected chi connectivity index (χ0v) is 25.6. The number of hydrogen-bond donors (Lipinski definition) is 4. The first-order valence-electron chi connectivity index (χ1n) is 13.5. The van der Waals surface area contributed by atoms with Crippen molar-refractivity contribution in [2.24, 2.45) is 20.5 Å². The fraction of sp³-hybridized carbons (Fsp3) is 0.0625. The van der Waals surface area contributed by atoms with Crippen LogP contribution in [0.4, 0.5) is 23.0 Å².